The summed E-state index contributed by atoms with van der Waals surface area (Å²) >= 11 is 12.8. The van der Waals surface area contributed by atoms with Gasteiger partial charge in [-0.05, 0) is 66.1 Å². The molecule has 0 saturated carbocycles. The average Bonchev–Trinajstić information content (AvgIpc) is 3.45. The lowest BCUT2D eigenvalue weighted by molar-refractivity contribution is -0.135. The summed E-state index contributed by atoms with van der Waals surface area (Å²) in [5.74, 6) is 0.306. The second-order valence-electron chi connectivity index (χ2n) is 7.80. The smallest absolute Gasteiger partial charge is 0.294 e. The van der Waals surface area contributed by atoms with Crippen LogP contribution in [0.4, 0.5) is 4.79 Å². The molecule has 7 nitrogen and oxygen atoms in total. The highest BCUT2D eigenvalue weighted by atomic mass is 35.5. The molecule has 178 valence electrons. The van der Waals surface area contributed by atoms with Gasteiger partial charge in [-0.3, -0.25) is 19.3 Å². The summed E-state index contributed by atoms with van der Waals surface area (Å²) in [5, 5.41) is 0.468. The van der Waals surface area contributed by atoms with Crippen LogP contribution in [0.3, 0.4) is 0 Å². The number of hydrogen-bond donors (Lipinski definition) is 0. The standard InChI is InChI=1S/C24H22Cl2N2O5S/c1-32-20-11-15(5-7-19(20)33-14-16-4-6-17(25)18(26)10-16)12-21-23(30)28(24(31)34-21)13-22(29)27-8-2-3-9-27/h4-7,10-12H,2-3,8-9,13-14H2,1H3/b21-12-. The Bertz CT molecular complexity index is 1160. The molecule has 0 N–H and O–H groups in total. The highest BCUT2D eigenvalue weighted by molar-refractivity contribution is 8.18. The van der Waals surface area contributed by atoms with E-state index in [0.29, 0.717) is 40.2 Å². The van der Waals surface area contributed by atoms with Gasteiger partial charge in [-0.2, -0.15) is 0 Å². The van der Waals surface area contributed by atoms with Crippen LogP contribution in [0.5, 0.6) is 11.5 Å². The van der Waals surface area contributed by atoms with Gasteiger partial charge in [-0.15, -0.1) is 0 Å². The van der Waals surface area contributed by atoms with Gasteiger partial charge in [-0.1, -0.05) is 35.3 Å². The molecule has 0 aromatic heterocycles. The van der Waals surface area contributed by atoms with Crippen molar-refractivity contribution >= 4 is 58.1 Å². The van der Waals surface area contributed by atoms with Crippen LogP contribution >= 0.6 is 35.0 Å². The van der Waals surface area contributed by atoms with Crippen LogP contribution in [0, 0.1) is 0 Å². The summed E-state index contributed by atoms with van der Waals surface area (Å²) in [6.45, 7) is 1.37. The summed E-state index contributed by atoms with van der Waals surface area (Å²) < 4.78 is 11.3. The van der Waals surface area contributed by atoms with E-state index >= 15 is 0 Å². The zero-order valence-electron chi connectivity index (χ0n) is 18.4. The molecule has 2 aromatic rings. The number of ether oxygens (including phenoxy) is 2. The topological polar surface area (TPSA) is 76.2 Å². The van der Waals surface area contributed by atoms with Gasteiger partial charge < -0.3 is 14.4 Å². The number of likely N-dealkylation sites (tertiary alicyclic amines) is 1. The van der Waals surface area contributed by atoms with Crippen LogP contribution in [0.2, 0.25) is 10.0 Å². The molecule has 2 heterocycles. The molecule has 2 aromatic carbocycles. The molecule has 34 heavy (non-hydrogen) atoms. The van der Waals surface area contributed by atoms with Crippen molar-refractivity contribution in [2.75, 3.05) is 26.7 Å². The van der Waals surface area contributed by atoms with E-state index in [-0.39, 0.29) is 24.0 Å². The maximum absolute atomic E-state index is 12.8. The Morgan fingerprint density at radius 3 is 2.53 bits per heavy atom. The molecule has 10 heteroatoms. The fourth-order valence-electron chi connectivity index (χ4n) is 3.67. The summed E-state index contributed by atoms with van der Waals surface area (Å²) in [6, 6.07) is 10.5. The second kappa shape index (κ2) is 10.7. The van der Waals surface area contributed by atoms with Gasteiger partial charge >= 0.3 is 0 Å². The zero-order chi connectivity index (χ0) is 24.2. The molecule has 2 saturated heterocycles. The number of amides is 3. The predicted molar refractivity (Wildman–Crippen MR) is 132 cm³/mol. The van der Waals surface area contributed by atoms with Crippen molar-refractivity contribution in [3.8, 4) is 11.5 Å². The van der Waals surface area contributed by atoms with E-state index in [1.165, 1.54) is 7.11 Å². The molecule has 0 spiro atoms. The number of carbonyl (C=O) groups excluding carboxylic acids is 3. The fraction of sp³-hybridized carbons (Fsp3) is 0.292. The number of carbonyl (C=O) groups is 3. The van der Waals surface area contributed by atoms with Crippen molar-refractivity contribution in [3.05, 3.63) is 62.5 Å². The first kappa shape index (κ1) is 24.4. The lowest BCUT2D eigenvalue weighted by Gasteiger charge is -2.18. The van der Waals surface area contributed by atoms with E-state index in [4.69, 9.17) is 32.7 Å². The van der Waals surface area contributed by atoms with Crippen LogP contribution in [-0.4, -0.2) is 53.6 Å². The molecule has 0 bridgehead atoms. The van der Waals surface area contributed by atoms with Gasteiger partial charge in [0.25, 0.3) is 11.1 Å². The Balaban J connectivity index is 1.44. The molecule has 3 amide bonds. The number of imide groups is 1. The Morgan fingerprint density at radius 1 is 1.06 bits per heavy atom. The third-order valence-corrected chi connectivity index (χ3v) is 7.14. The monoisotopic (exact) mass is 520 g/mol. The number of benzene rings is 2. The summed E-state index contributed by atoms with van der Waals surface area (Å²) in [4.78, 5) is 40.5. The Labute approximate surface area is 211 Å². The maximum atomic E-state index is 12.8. The van der Waals surface area contributed by atoms with E-state index in [1.807, 2.05) is 6.07 Å². The zero-order valence-corrected chi connectivity index (χ0v) is 20.7. The molecule has 0 aliphatic carbocycles. The summed E-state index contributed by atoms with van der Waals surface area (Å²) in [5.41, 5.74) is 1.51. The van der Waals surface area contributed by atoms with Crippen molar-refractivity contribution in [2.24, 2.45) is 0 Å². The normalized spacial score (nSPS) is 17.1. The lowest BCUT2D eigenvalue weighted by atomic mass is 10.1. The van der Waals surface area contributed by atoms with Gasteiger partial charge in [-0.25, -0.2) is 0 Å². The van der Waals surface area contributed by atoms with Gasteiger partial charge in [0.05, 0.1) is 22.1 Å². The first-order valence-electron chi connectivity index (χ1n) is 10.6. The van der Waals surface area contributed by atoms with E-state index in [2.05, 4.69) is 0 Å². The molecule has 2 aliphatic rings. The third-order valence-electron chi connectivity index (χ3n) is 5.49. The predicted octanol–water partition coefficient (Wildman–Crippen LogP) is 5.24. The minimum atomic E-state index is -0.471. The van der Waals surface area contributed by atoms with Crippen molar-refractivity contribution < 1.29 is 23.9 Å². The Morgan fingerprint density at radius 2 is 1.82 bits per heavy atom. The molecule has 2 aliphatic heterocycles. The first-order chi connectivity index (χ1) is 16.4. The Hall–Kier alpha value is -2.68. The molecule has 0 radical (unpaired) electrons. The number of rotatable bonds is 7. The van der Waals surface area contributed by atoms with Crippen LogP contribution in [0.1, 0.15) is 24.0 Å². The maximum Gasteiger partial charge on any atom is 0.294 e. The summed E-state index contributed by atoms with van der Waals surface area (Å²) in [7, 11) is 1.52. The highest BCUT2D eigenvalue weighted by Crippen LogP contribution is 2.35. The molecule has 2 fully saturated rings. The molecular weight excluding hydrogens is 499 g/mol. The number of halogens is 2. The van der Waals surface area contributed by atoms with Gasteiger partial charge in [0.2, 0.25) is 5.91 Å². The van der Waals surface area contributed by atoms with Crippen molar-refractivity contribution in [1.29, 1.82) is 0 Å². The molecule has 0 unspecified atom stereocenters. The molecular formula is C24H22Cl2N2O5S. The van der Waals surface area contributed by atoms with Crippen LogP contribution in [0.15, 0.2) is 41.3 Å². The summed E-state index contributed by atoms with van der Waals surface area (Å²) in [6.07, 6.45) is 3.50. The van der Waals surface area contributed by atoms with Crippen molar-refractivity contribution in [1.82, 2.24) is 9.80 Å². The number of methoxy groups -OCH3 is 1. The number of thioether (sulfide) groups is 1. The lowest BCUT2D eigenvalue weighted by Crippen LogP contribution is -2.40. The van der Waals surface area contributed by atoms with Crippen molar-refractivity contribution in [3.63, 3.8) is 0 Å². The van der Waals surface area contributed by atoms with E-state index in [1.54, 1.807) is 41.3 Å². The van der Waals surface area contributed by atoms with E-state index in [0.717, 1.165) is 35.1 Å². The minimum Gasteiger partial charge on any atom is -0.493 e. The fourth-order valence-corrected chi connectivity index (χ4v) is 4.83. The third kappa shape index (κ3) is 5.51. The molecule has 4 rings (SSSR count). The second-order valence-corrected chi connectivity index (χ2v) is 9.61. The van der Waals surface area contributed by atoms with Gasteiger partial charge in [0, 0.05) is 13.1 Å². The number of hydrogen-bond acceptors (Lipinski definition) is 6. The van der Waals surface area contributed by atoms with E-state index < -0.39 is 11.1 Å². The minimum absolute atomic E-state index is 0.203. The SMILES string of the molecule is COc1cc(/C=C2\SC(=O)N(CC(=O)N3CCCC3)C2=O)ccc1OCc1ccc(Cl)c(Cl)c1. The van der Waals surface area contributed by atoms with Crippen molar-refractivity contribution in [2.45, 2.75) is 19.4 Å². The van der Waals surface area contributed by atoms with E-state index in [9.17, 15) is 14.4 Å². The number of nitrogens with zero attached hydrogens (tertiary/aromatic N) is 2. The van der Waals surface area contributed by atoms with Crippen LogP contribution < -0.4 is 9.47 Å². The molecule has 0 atom stereocenters. The Kier molecular flexibility index (Phi) is 7.70. The first-order valence-corrected chi connectivity index (χ1v) is 12.2. The van der Waals surface area contributed by atoms with Crippen LogP contribution in [0.25, 0.3) is 6.08 Å². The largest absolute Gasteiger partial charge is 0.493 e. The van der Waals surface area contributed by atoms with Gasteiger partial charge in [0.15, 0.2) is 11.5 Å². The highest BCUT2D eigenvalue weighted by Gasteiger charge is 2.37. The van der Waals surface area contributed by atoms with Gasteiger partial charge in [0.1, 0.15) is 13.2 Å². The quantitative estimate of drug-likeness (QED) is 0.464. The average molecular weight is 521 g/mol. The van der Waals surface area contributed by atoms with Crippen LogP contribution in [-0.2, 0) is 16.2 Å².